The zero-order valence-electron chi connectivity index (χ0n) is 17.8. The predicted molar refractivity (Wildman–Crippen MR) is 119 cm³/mol. The number of anilines is 1. The second kappa shape index (κ2) is 8.49. The first-order valence-electron chi connectivity index (χ1n) is 9.74. The number of ketones is 1. The summed E-state index contributed by atoms with van der Waals surface area (Å²) in [5.41, 5.74) is 2.87. The van der Waals surface area contributed by atoms with Crippen molar-refractivity contribution < 1.29 is 17.9 Å². The van der Waals surface area contributed by atoms with E-state index in [9.17, 15) is 13.2 Å². The highest BCUT2D eigenvalue weighted by molar-refractivity contribution is 7.89. The van der Waals surface area contributed by atoms with E-state index in [0.29, 0.717) is 17.9 Å². The molecule has 3 rings (SSSR count). The van der Waals surface area contributed by atoms with E-state index < -0.39 is 16.1 Å². The van der Waals surface area contributed by atoms with Crippen LogP contribution < -0.4 is 10.1 Å². The van der Waals surface area contributed by atoms with E-state index in [2.05, 4.69) is 10.3 Å². The quantitative estimate of drug-likeness (QED) is 0.531. The third kappa shape index (κ3) is 4.06. The Morgan fingerprint density at radius 2 is 1.90 bits per heavy atom. The number of benzene rings is 2. The van der Waals surface area contributed by atoms with Gasteiger partial charge in [-0.1, -0.05) is 18.2 Å². The van der Waals surface area contributed by atoms with Gasteiger partial charge < -0.3 is 15.0 Å². The van der Waals surface area contributed by atoms with Gasteiger partial charge in [-0.05, 0) is 45.0 Å². The Morgan fingerprint density at radius 3 is 2.57 bits per heavy atom. The van der Waals surface area contributed by atoms with E-state index in [0.717, 1.165) is 20.9 Å². The number of nitrogens with one attached hydrogen (secondary N) is 2. The van der Waals surface area contributed by atoms with Gasteiger partial charge in [-0.3, -0.25) is 4.79 Å². The van der Waals surface area contributed by atoms with Gasteiger partial charge in [-0.2, -0.15) is 0 Å². The molecule has 0 radical (unpaired) electrons. The predicted octanol–water partition coefficient (Wildman–Crippen LogP) is 3.81. The molecule has 0 saturated carbocycles. The van der Waals surface area contributed by atoms with Crippen molar-refractivity contribution in [3.8, 4) is 5.75 Å². The molecule has 1 heterocycles. The second-order valence-electron chi connectivity index (χ2n) is 7.28. The van der Waals surface area contributed by atoms with E-state index in [4.69, 9.17) is 4.74 Å². The van der Waals surface area contributed by atoms with E-state index in [1.54, 1.807) is 26.0 Å². The third-order valence-corrected chi connectivity index (χ3v) is 6.75. The van der Waals surface area contributed by atoms with E-state index in [-0.39, 0.29) is 16.4 Å². The van der Waals surface area contributed by atoms with Gasteiger partial charge in [0.2, 0.25) is 10.0 Å². The molecule has 3 aromatic rings. The Hall–Kier alpha value is -2.84. The molecule has 0 aliphatic rings. The van der Waals surface area contributed by atoms with Gasteiger partial charge in [0.25, 0.3) is 0 Å². The first kappa shape index (κ1) is 21.9. The number of nitrogens with zero attached hydrogens (tertiary/aromatic N) is 1. The smallest absolute Gasteiger partial charge is 0.246 e. The maximum atomic E-state index is 13.2. The SMILES string of the molecule is CCOc1ccc(N[C@@H](C)C(=O)c2c(C)[nH]c3ccccc23)cc1S(=O)(=O)N(C)C. The fourth-order valence-electron chi connectivity index (χ4n) is 3.40. The molecule has 0 aliphatic heterocycles. The summed E-state index contributed by atoms with van der Waals surface area (Å²) < 4.78 is 32.1. The zero-order valence-corrected chi connectivity index (χ0v) is 18.6. The third-order valence-electron chi connectivity index (χ3n) is 4.92. The topological polar surface area (TPSA) is 91.5 Å². The van der Waals surface area contributed by atoms with Gasteiger partial charge in [0.05, 0.1) is 12.6 Å². The van der Waals surface area contributed by atoms with Crippen molar-refractivity contribution >= 4 is 32.4 Å². The van der Waals surface area contributed by atoms with Crippen molar-refractivity contribution in [1.82, 2.24) is 9.29 Å². The molecule has 0 amide bonds. The van der Waals surface area contributed by atoms with Crippen molar-refractivity contribution in [3.05, 3.63) is 53.7 Å². The molecule has 8 heteroatoms. The summed E-state index contributed by atoms with van der Waals surface area (Å²) in [4.78, 5) is 16.5. The minimum absolute atomic E-state index is 0.0577. The number of carbonyl (C=O) groups excluding carboxylic acids is 1. The highest BCUT2D eigenvalue weighted by Crippen LogP contribution is 2.30. The van der Waals surface area contributed by atoms with Crippen molar-refractivity contribution in [2.75, 3.05) is 26.0 Å². The fourth-order valence-corrected chi connectivity index (χ4v) is 4.45. The monoisotopic (exact) mass is 429 g/mol. The number of aromatic nitrogens is 1. The molecule has 7 nitrogen and oxygen atoms in total. The lowest BCUT2D eigenvalue weighted by atomic mass is 10.0. The van der Waals surface area contributed by atoms with Gasteiger partial charge in [0.15, 0.2) is 5.78 Å². The van der Waals surface area contributed by atoms with Crippen LogP contribution in [0.3, 0.4) is 0 Å². The Bertz CT molecular complexity index is 1180. The summed E-state index contributed by atoms with van der Waals surface area (Å²) >= 11 is 0. The molecule has 1 aromatic heterocycles. The number of sulfonamides is 1. The largest absolute Gasteiger partial charge is 0.492 e. The number of rotatable bonds is 8. The average Bonchev–Trinajstić information content (AvgIpc) is 3.04. The number of hydrogen-bond acceptors (Lipinski definition) is 5. The summed E-state index contributed by atoms with van der Waals surface area (Å²) in [5, 5.41) is 4.01. The van der Waals surface area contributed by atoms with Gasteiger partial charge >= 0.3 is 0 Å². The Kier molecular flexibility index (Phi) is 6.19. The lowest BCUT2D eigenvalue weighted by molar-refractivity contribution is 0.0976. The number of aromatic amines is 1. The van der Waals surface area contributed by atoms with Crippen LogP contribution in [0.5, 0.6) is 5.75 Å². The van der Waals surface area contributed by atoms with Gasteiger partial charge in [0, 0.05) is 41.9 Å². The number of carbonyl (C=O) groups is 1. The van der Waals surface area contributed by atoms with Gasteiger partial charge in [0.1, 0.15) is 10.6 Å². The molecule has 0 fully saturated rings. The Labute approximate surface area is 177 Å². The first-order valence-corrected chi connectivity index (χ1v) is 11.2. The first-order chi connectivity index (χ1) is 14.2. The van der Waals surface area contributed by atoms with Crippen LogP contribution in [0.25, 0.3) is 10.9 Å². The zero-order chi connectivity index (χ0) is 22.1. The fraction of sp³-hybridized carbons (Fsp3) is 0.318. The summed E-state index contributed by atoms with van der Waals surface area (Å²) in [6, 6.07) is 11.9. The molecule has 160 valence electrons. The lowest BCUT2D eigenvalue weighted by Gasteiger charge is -2.19. The van der Waals surface area contributed by atoms with Crippen LogP contribution >= 0.6 is 0 Å². The molecular formula is C22H27N3O4S. The van der Waals surface area contributed by atoms with Crippen molar-refractivity contribution in [2.24, 2.45) is 0 Å². The molecule has 0 spiro atoms. The van der Waals surface area contributed by atoms with Crippen LogP contribution in [0.1, 0.15) is 29.9 Å². The standard InChI is InChI=1S/C22H27N3O4S/c1-6-29-19-12-11-16(13-20(19)30(27,28)25(4)5)23-15(3)22(26)21-14(2)24-18-10-8-7-9-17(18)21/h7-13,15,23-24H,6H2,1-5H3/t15-/m0/s1. The normalized spacial score (nSPS) is 12.9. The molecule has 0 saturated heterocycles. The maximum absolute atomic E-state index is 13.2. The van der Waals surface area contributed by atoms with Crippen LogP contribution in [0.2, 0.25) is 0 Å². The van der Waals surface area contributed by atoms with Crippen LogP contribution in [0.15, 0.2) is 47.4 Å². The summed E-state index contributed by atoms with van der Waals surface area (Å²) in [6.45, 7) is 5.78. The average molecular weight is 430 g/mol. The number of fused-ring (bicyclic) bond motifs is 1. The van der Waals surface area contributed by atoms with Crippen molar-refractivity contribution in [3.63, 3.8) is 0 Å². The molecule has 0 unspecified atom stereocenters. The molecular weight excluding hydrogens is 402 g/mol. The van der Waals surface area contributed by atoms with E-state index in [1.165, 1.54) is 20.2 Å². The number of ether oxygens (including phenoxy) is 1. The van der Waals surface area contributed by atoms with Crippen molar-refractivity contribution in [1.29, 1.82) is 0 Å². The molecule has 2 N–H and O–H groups in total. The van der Waals surface area contributed by atoms with Crippen LogP contribution in [0.4, 0.5) is 5.69 Å². The van der Waals surface area contributed by atoms with E-state index in [1.807, 2.05) is 31.2 Å². The summed E-state index contributed by atoms with van der Waals surface area (Å²) in [7, 11) is -0.770. The maximum Gasteiger partial charge on any atom is 0.246 e. The van der Waals surface area contributed by atoms with Crippen molar-refractivity contribution in [2.45, 2.75) is 31.7 Å². The number of Topliss-reactive ketones (excluding diaryl/α,β-unsaturated/α-hetero) is 1. The number of aryl methyl sites for hydroxylation is 1. The minimum atomic E-state index is -3.71. The summed E-state index contributed by atoms with van der Waals surface area (Å²) in [5.74, 6) is 0.207. The molecule has 0 bridgehead atoms. The molecule has 0 aliphatic carbocycles. The minimum Gasteiger partial charge on any atom is -0.492 e. The van der Waals surface area contributed by atoms with E-state index >= 15 is 0 Å². The highest BCUT2D eigenvalue weighted by Gasteiger charge is 2.25. The molecule has 2 aromatic carbocycles. The Balaban J connectivity index is 1.94. The van der Waals surface area contributed by atoms with Crippen LogP contribution in [-0.4, -0.2) is 50.2 Å². The number of H-pyrrole nitrogens is 1. The van der Waals surface area contributed by atoms with Crippen LogP contribution in [-0.2, 0) is 10.0 Å². The van der Waals surface area contributed by atoms with Gasteiger partial charge in [-0.15, -0.1) is 0 Å². The Morgan fingerprint density at radius 1 is 1.20 bits per heavy atom. The number of para-hydroxylation sites is 1. The summed E-state index contributed by atoms with van der Waals surface area (Å²) in [6.07, 6.45) is 0. The second-order valence-corrected chi connectivity index (χ2v) is 9.40. The molecule has 30 heavy (non-hydrogen) atoms. The molecule has 1 atom stereocenters. The lowest BCUT2D eigenvalue weighted by Crippen LogP contribution is -2.27. The highest BCUT2D eigenvalue weighted by atomic mass is 32.2. The number of hydrogen-bond donors (Lipinski definition) is 2. The van der Waals surface area contributed by atoms with Crippen LogP contribution in [0, 0.1) is 6.92 Å². The van der Waals surface area contributed by atoms with Gasteiger partial charge in [-0.25, -0.2) is 12.7 Å².